The number of benzene rings is 4. The van der Waals surface area contributed by atoms with Crippen LogP contribution >= 0.6 is 27.7 Å². The quantitative estimate of drug-likeness (QED) is 0.181. The molecule has 0 unspecified atom stereocenters. The van der Waals surface area contributed by atoms with Crippen LogP contribution in [0, 0.1) is 0 Å². The van der Waals surface area contributed by atoms with Crippen LogP contribution in [0.25, 0.3) is 16.8 Å². The molecule has 1 fully saturated rings. The van der Waals surface area contributed by atoms with Gasteiger partial charge in [0.1, 0.15) is 18.9 Å². The number of hydrogen-bond donors (Lipinski definition) is 1. The Morgan fingerprint density at radius 2 is 1.76 bits per heavy atom. The number of hydrogen-bond acceptors (Lipinski definition) is 7. The molecule has 4 aromatic carbocycles. The maximum Gasteiger partial charge on any atom is 0.294 e. The molecule has 42 heavy (non-hydrogen) atoms. The lowest BCUT2D eigenvalue weighted by molar-refractivity contribution is -0.127. The third kappa shape index (κ3) is 6.61. The second-order valence-corrected chi connectivity index (χ2v) is 11.1. The standard InChI is InChI=1S/C32H27BrN2O6S/c1-3-40-27-16-20(15-26(33)30(27)41-19-22-9-6-8-21-7-4-5-10-25(21)22)17-28-31(37)35(32(38)42-28)18-29(36)34-23-11-13-24(39-2)14-12-23/h4-17H,3,18-19H2,1-2H3,(H,34,36)/b28-17+. The van der Waals surface area contributed by atoms with Gasteiger partial charge in [-0.05, 0) is 99.0 Å². The highest BCUT2D eigenvalue weighted by Crippen LogP contribution is 2.40. The Morgan fingerprint density at radius 1 is 1.00 bits per heavy atom. The summed E-state index contributed by atoms with van der Waals surface area (Å²) >= 11 is 4.37. The maximum absolute atomic E-state index is 13.1. The molecule has 1 heterocycles. The van der Waals surface area contributed by atoms with Crippen molar-refractivity contribution in [2.45, 2.75) is 13.5 Å². The van der Waals surface area contributed by atoms with E-state index in [9.17, 15) is 14.4 Å². The van der Waals surface area contributed by atoms with Gasteiger partial charge in [0.15, 0.2) is 11.5 Å². The average molecular weight is 648 g/mol. The summed E-state index contributed by atoms with van der Waals surface area (Å²) in [6.07, 6.45) is 1.61. The summed E-state index contributed by atoms with van der Waals surface area (Å²) in [7, 11) is 1.55. The Morgan fingerprint density at radius 3 is 2.52 bits per heavy atom. The SMILES string of the molecule is CCOc1cc(/C=C2/SC(=O)N(CC(=O)Nc3ccc(OC)cc3)C2=O)cc(Br)c1OCc1cccc2ccccc12. The minimum absolute atomic E-state index is 0.205. The Hall–Kier alpha value is -4.28. The molecule has 0 aliphatic carbocycles. The molecule has 0 saturated carbocycles. The van der Waals surface area contributed by atoms with Crippen LogP contribution in [0.5, 0.6) is 17.2 Å². The number of carbonyl (C=O) groups excluding carboxylic acids is 3. The lowest BCUT2D eigenvalue weighted by atomic mass is 10.1. The fraction of sp³-hybridized carbons (Fsp3) is 0.156. The van der Waals surface area contributed by atoms with Crippen molar-refractivity contribution in [3.63, 3.8) is 0 Å². The third-order valence-electron chi connectivity index (χ3n) is 6.43. The van der Waals surface area contributed by atoms with Crippen molar-refractivity contribution in [3.8, 4) is 17.2 Å². The van der Waals surface area contributed by atoms with Gasteiger partial charge < -0.3 is 19.5 Å². The average Bonchev–Trinajstić information content (AvgIpc) is 3.24. The molecule has 0 radical (unpaired) electrons. The van der Waals surface area contributed by atoms with Crippen molar-refractivity contribution in [3.05, 3.63) is 99.4 Å². The van der Waals surface area contributed by atoms with E-state index in [1.54, 1.807) is 49.6 Å². The number of ether oxygens (including phenoxy) is 3. The van der Waals surface area contributed by atoms with Crippen LogP contribution in [0.15, 0.2) is 88.2 Å². The number of nitrogens with one attached hydrogen (secondary N) is 1. The highest BCUT2D eigenvalue weighted by atomic mass is 79.9. The number of rotatable bonds is 10. The van der Waals surface area contributed by atoms with E-state index < -0.39 is 23.6 Å². The molecule has 1 saturated heterocycles. The summed E-state index contributed by atoms with van der Waals surface area (Å²) < 4.78 is 17.8. The monoisotopic (exact) mass is 646 g/mol. The maximum atomic E-state index is 13.1. The van der Waals surface area contributed by atoms with Crippen LogP contribution in [-0.2, 0) is 16.2 Å². The zero-order chi connectivity index (χ0) is 29.6. The van der Waals surface area contributed by atoms with Crippen molar-refractivity contribution in [1.29, 1.82) is 0 Å². The predicted molar refractivity (Wildman–Crippen MR) is 168 cm³/mol. The van der Waals surface area contributed by atoms with Gasteiger partial charge in [-0.15, -0.1) is 0 Å². The second-order valence-electron chi connectivity index (χ2n) is 9.23. The summed E-state index contributed by atoms with van der Waals surface area (Å²) in [6.45, 7) is 2.21. The zero-order valence-electron chi connectivity index (χ0n) is 22.9. The third-order valence-corrected chi connectivity index (χ3v) is 7.93. The van der Waals surface area contributed by atoms with Crippen molar-refractivity contribution in [2.24, 2.45) is 0 Å². The molecule has 0 bridgehead atoms. The highest BCUT2D eigenvalue weighted by molar-refractivity contribution is 9.10. The zero-order valence-corrected chi connectivity index (χ0v) is 25.3. The first-order valence-electron chi connectivity index (χ1n) is 13.1. The molecule has 0 aromatic heterocycles. The first-order valence-corrected chi connectivity index (χ1v) is 14.7. The van der Waals surface area contributed by atoms with Gasteiger partial charge in [-0.3, -0.25) is 19.3 Å². The normalized spacial score (nSPS) is 14.0. The summed E-state index contributed by atoms with van der Waals surface area (Å²) in [4.78, 5) is 39.4. The molecule has 1 N–H and O–H groups in total. The van der Waals surface area contributed by atoms with Crippen LogP contribution in [0.1, 0.15) is 18.1 Å². The number of carbonyl (C=O) groups is 3. The van der Waals surface area contributed by atoms with Gasteiger partial charge in [0.2, 0.25) is 5.91 Å². The van der Waals surface area contributed by atoms with Crippen molar-refractivity contribution >= 4 is 67.3 Å². The molecule has 5 rings (SSSR count). The number of imide groups is 1. The largest absolute Gasteiger partial charge is 0.497 e. The number of fused-ring (bicyclic) bond motifs is 1. The van der Waals surface area contributed by atoms with Gasteiger partial charge in [0, 0.05) is 5.69 Å². The van der Waals surface area contributed by atoms with Crippen molar-refractivity contribution < 1.29 is 28.6 Å². The predicted octanol–water partition coefficient (Wildman–Crippen LogP) is 7.26. The fourth-order valence-electron chi connectivity index (χ4n) is 4.45. The van der Waals surface area contributed by atoms with Crippen LogP contribution in [0.4, 0.5) is 10.5 Å². The molecule has 3 amide bonds. The molecule has 0 spiro atoms. The molecule has 214 valence electrons. The smallest absolute Gasteiger partial charge is 0.294 e. The Kier molecular flexibility index (Phi) is 9.14. The topological polar surface area (TPSA) is 94.2 Å². The second kappa shape index (κ2) is 13.1. The van der Waals surface area contributed by atoms with Crippen LogP contribution in [-0.4, -0.2) is 42.2 Å². The molecule has 8 nitrogen and oxygen atoms in total. The van der Waals surface area contributed by atoms with E-state index in [4.69, 9.17) is 14.2 Å². The van der Waals surface area contributed by atoms with Crippen LogP contribution in [0.3, 0.4) is 0 Å². The number of anilines is 1. The van der Waals surface area contributed by atoms with E-state index >= 15 is 0 Å². The first-order chi connectivity index (χ1) is 20.4. The van der Waals surface area contributed by atoms with Gasteiger partial charge in [0.05, 0.1) is 23.1 Å². The van der Waals surface area contributed by atoms with Crippen LogP contribution in [0.2, 0.25) is 0 Å². The number of halogens is 1. The minimum atomic E-state index is -0.541. The van der Waals surface area contributed by atoms with E-state index in [-0.39, 0.29) is 4.91 Å². The number of nitrogens with zero attached hydrogens (tertiary/aromatic N) is 1. The number of methoxy groups -OCH3 is 1. The lowest BCUT2D eigenvalue weighted by Gasteiger charge is -2.16. The molecule has 0 atom stereocenters. The van der Waals surface area contributed by atoms with Gasteiger partial charge in [0.25, 0.3) is 11.1 Å². The molecular formula is C32H27BrN2O6S. The number of thioether (sulfide) groups is 1. The van der Waals surface area contributed by atoms with Crippen LogP contribution < -0.4 is 19.5 Å². The molecule has 1 aliphatic heterocycles. The van der Waals surface area contributed by atoms with E-state index in [0.717, 1.165) is 33.0 Å². The van der Waals surface area contributed by atoms with Gasteiger partial charge in [-0.1, -0.05) is 42.5 Å². The van der Waals surface area contributed by atoms with Gasteiger partial charge >= 0.3 is 0 Å². The molecule has 1 aliphatic rings. The van der Waals surface area contributed by atoms with Crippen molar-refractivity contribution in [1.82, 2.24) is 4.90 Å². The molecule has 4 aromatic rings. The summed E-state index contributed by atoms with van der Waals surface area (Å²) in [5.41, 5.74) is 2.20. The number of amides is 3. The molecule has 10 heteroatoms. The Labute approximate surface area is 255 Å². The Bertz CT molecular complexity index is 1680. The summed E-state index contributed by atoms with van der Waals surface area (Å²) in [6, 6.07) is 24.5. The first kappa shape index (κ1) is 29.2. The molecular weight excluding hydrogens is 620 g/mol. The van der Waals surface area contributed by atoms with Gasteiger partial charge in [-0.2, -0.15) is 0 Å². The van der Waals surface area contributed by atoms with E-state index in [1.165, 1.54) is 0 Å². The fourth-order valence-corrected chi connectivity index (χ4v) is 5.86. The summed E-state index contributed by atoms with van der Waals surface area (Å²) in [5, 5.41) is 4.41. The van der Waals surface area contributed by atoms with Gasteiger partial charge in [-0.25, -0.2) is 0 Å². The highest BCUT2D eigenvalue weighted by Gasteiger charge is 2.36. The van der Waals surface area contributed by atoms with E-state index in [2.05, 4.69) is 39.4 Å². The lowest BCUT2D eigenvalue weighted by Crippen LogP contribution is -2.36. The Balaban J connectivity index is 1.31. The minimum Gasteiger partial charge on any atom is -0.497 e. The van der Waals surface area contributed by atoms with Crippen molar-refractivity contribution in [2.75, 3.05) is 25.6 Å². The van der Waals surface area contributed by atoms with E-state index in [0.29, 0.717) is 46.2 Å². The van der Waals surface area contributed by atoms with E-state index in [1.807, 2.05) is 31.2 Å². The summed E-state index contributed by atoms with van der Waals surface area (Å²) in [5.74, 6) is 0.646.